The predicted molar refractivity (Wildman–Crippen MR) is 79.6 cm³/mol. The first-order valence-electron chi connectivity index (χ1n) is 5.92. The third-order valence-electron chi connectivity index (χ3n) is 3.05. The molecule has 2 nitrogen and oxygen atoms in total. The molecule has 0 aliphatic heterocycles. The van der Waals surface area contributed by atoms with Crippen LogP contribution in [0.15, 0.2) is 48.5 Å². The van der Waals surface area contributed by atoms with Crippen molar-refractivity contribution in [2.75, 3.05) is 7.11 Å². The Morgan fingerprint density at radius 1 is 1.00 bits per heavy atom. The second kappa shape index (κ2) is 6.40. The molecule has 2 unspecified atom stereocenters. The molecule has 0 bridgehead atoms. The van der Waals surface area contributed by atoms with E-state index in [0.717, 1.165) is 11.1 Å². The van der Waals surface area contributed by atoms with Crippen molar-refractivity contribution in [3.05, 3.63) is 69.7 Å². The van der Waals surface area contributed by atoms with Crippen LogP contribution in [-0.4, -0.2) is 7.11 Å². The Kier molecular flexibility index (Phi) is 4.83. The molecule has 0 spiro atoms. The molecule has 0 aliphatic rings. The Morgan fingerprint density at radius 2 is 1.68 bits per heavy atom. The normalized spacial score (nSPS) is 14.1. The van der Waals surface area contributed by atoms with Crippen LogP contribution in [0, 0.1) is 0 Å². The first kappa shape index (κ1) is 14.4. The van der Waals surface area contributed by atoms with E-state index in [4.69, 9.17) is 33.7 Å². The van der Waals surface area contributed by atoms with Gasteiger partial charge in [-0.05, 0) is 17.2 Å². The van der Waals surface area contributed by atoms with E-state index < -0.39 is 0 Å². The summed E-state index contributed by atoms with van der Waals surface area (Å²) in [7, 11) is 1.63. The first-order valence-corrected chi connectivity index (χ1v) is 6.68. The molecule has 0 aromatic heterocycles. The van der Waals surface area contributed by atoms with Crippen LogP contribution >= 0.6 is 23.2 Å². The van der Waals surface area contributed by atoms with Crippen molar-refractivity contribution in [1.82, 2.24) is 0 Å². The van der Waals surface area contributed by atoms with Crippen LogP contribution in [0.5, 0.6) is 0 Å². The molecule has 100 valence electrons. The average molecular weight is 296 g/mol. The van der Waals surface area contributed by atoms with E-state index in [2.05, 4.69) is 0 Å². The molecule has 0 fully saturated rings. The van der Waals surface area contributed by atoms with Crippen LogP contribution in [-0.2, 0) is 4.74 Å². The van der Waals surface area contributed by atoms with Gasteiger partial charge in [0.25, 0.3) is 0 Å². The quantitative estimate of drug-likeness (QED) is 0.908. The Bertz CT molecular complexity index is 545. The maximum atomic E-state index is 6.28. The second-order valence-corrected chi connectivity index (χ2v) is 5.02. The lowest BCUT2D eigenvalue weighted by atomic mass is 9.96. The van der Waals surface area contributed by atoms with Gasteiger partial charge in [0.2, 0.25) is 0 Å². The lowest BCUT2D eigenvalue weighted by Crippen LogP contribution is -2.21. The smallest absolute Gasteiger partial charge is 0.101 e. The van der Waals surface area contributed by atoms with Gasteiger partial charge in [-0.25, -0.2) is 0 Å². The summed E-state index contributed by atoms with van der Waals surface area (Å²) in [6.45, 7) is 0. The summed E-state index contributed by atoms with van der Waals surface area (Å²) < 4.78 is 5.52. The molecule has 19 heavy (non-hydrogen) atoms. The molecule has 4 heteroatoms. The van der Waals surface area contributed by atoms with Crippen molar-refractivity contribution in [2.24, 2.45) is 5.73 Å². The summed E-state index contributed by atoms with van der Waals surface area (Å²) in [5.74, 6) is 0. The fourth-order valence-electron chi connectivity index (χ4n) is 2.07. The zero-order valence-corrected chi connectivity index (χ0v) is 12.0. The molecule has 0 saturated carbocycles. The molecule has 2 aromatic carbocycles. The molecule has 0 aliphatic carbocycles. The molecule has 0 saturated heterocycles. The highest BCUT2D eigenvalue weighted by Crippen LogP contribution is 2.36. The molecule has 0 radical (unpaired) electrons. The van der Waals surface area contributed by atoms with Crippen LogP contribution < -0.4 is 5.73 Å². The van der Waals surface area contributed by atoms with E-state index in [1.165, 1.54) is 0 Å². The molecule has 0 amide bonds. The maximum Gasteiger partial charge on any atom is 0.101 e. The van der Waals surface area contributed by atoms with Gasteiger partial charge in [-0.1, -0.05) is 65.7 Å². The van der Waals surface area contributed by atoms with Crippen LogP contribution in [0.2, 0.25) is 10.0 Å². The Hall–Kier alpha value is -1.06. The Balaban J connectivity index is 2.36. The Labute approximate surface area is 123 Å². The van der Waals surface area contributed by atoms with E-state index >= 15 is 0 Å². The summed E-state index contributed by atoms with van der Waals surface area (Å²) in [6.07, 6.45) is -0.267. The highest BCUT2D eigenvalue weighted by molar-refractivity contribution is 6.42. The molecule has 2 aromatic rings. The SMILES string of the molecule is COC(c1ccccc1)C(N)c1cccc(Cl)c1Cl. The van der Waals surface area contributed by atoms with Gasteiger partial charge in [0, 0.05) is 7.11 Å². The topological polar surface area (TPSA) is 35.2 Å². The monoisotopic (exact) mass is 295 g/mol. The van der Waals surface area contributed by atoms with Gasteiger partial charge in [0.05, 0.1) is 16.1 Å². The highest BCUT2D eigenvalue weighted by atomic mass is 35.5. The van der Waals surface area contributed by atoms with Crippen LogP contribution in [0.3, 0.4) is 0 Å². The standard InChI is InChI=1S/C15H15Cl2NO/c1-19-15(10-6-3-2-4-7-10)14(18)11-8-5-9-12(16)13(11)17/h2-9,14-15H,18H2,1H3. The van der Waals surface area contributed by atoms with Crippen molar-refractivity contribution in [3.8, 4) is 0 Å². The van der Waals surface area contributed by atoms with Gasteiger partial charge in [-0.3, -0.25) is 0 Å². The van der Waals surface area contributed by atoms with Crippen molar-refractivity contribution in [2.45, 2.75) is 12.1 Å². The zero-order valence-electron chi connectivity index (χ0n) is 10.5. The molecule has 0 heterocycles. The van der Waals surface area contributed by atoms with Crippen molar-refractivity contribution in [3.63, 3.8) is 0 Å². The number of methoxy groups -OCH3 is 1. The van der Waals surface area contributed by atoms with Gasteiger partial charge in [-0.2, -0.15) is 0 Å². The first-order chi connectivity index (χ1) is 9.15. The maximum absolute atomic E-state index is 6.28. The number of benzene rings is 2. The highest BCUT2D eigenvalue weighted by Gasteiger charge is 2.23. The molecule has 2 rings (SSSR count). The summed E-state index contributed by atoms with van der Waals surface area (Å²) in [5.41, 5.74) is 8.07. The predicted octanol–water partition coefficient (Wildman–Crippen LogP) is 4.38. The van der Waals surface area contributed by atoms with Gasteiger partial charge in [0.1, 0.15) is 6.10 Å². The number of halogens is 2. The third kappa shape index (κ3) is 3.10. The van der Waals surface area contributed by atoms with E-state index in [0.29, 0.717) is 10.0 Å². The van der Waals surface area contributed by atoms with E-state index in [-0.39, 0.29) is 12.1 Å². The average Bonchev–Trinajstić information content (AvgIpc) is 2.44. The largest absolute Gasteiger partial charge is 0.375 e. The van der Waals surface area contributed by atoms with Gasteiger partial charge >= 0.3 is 0 Å². The molecular weight excluding hydrogens is 281 g/mol. The fraction of sp³-hybridized carbons (Fsp3) is 0.200. The molecule has 2 N–H and O–H groups in total. The molecular formula is C15H15Cl2NO. The zero-order chi connectivity index (χ0) is 13.8. The number of hydrogen-bond acceptors (Lipinski definition) is 2. The summed E-state index contributed by atoms with van der Waals surface area (Å²) >= 11 is 12.2. The van der Waals surface area contributed by atoms with Crippen molar-refractivity contribution in [1.29, 1.82) is 0 Å². The number of hydrogen-bond donors (Lipinski definition) is 1. The summed E-state index contributed by atoms with van der Waals surface area (Å²) in [6, 6.07) is 14.9. The number of ether oxygens (including phenoxy) is 1. The molecule has 2 atom stereocenters. The minimum atomic E-state index is -0.376. The van der Waals surface area contributed by atoms with Gasteiger partial charge in [0.15, 0.2) is 0 Å². The van der Waals surface area contributed by atoms with Crippen LogP contribution in [0.1, 0.15) is 23.3 Å². The Morgan fingerprint density at radius 3 is 2.32 bits per heavy atom. The second-order valence-electron chi connectivity index (χ2n) is 4.24. The minimum Gasteiger partial charge on any atom is -0.375 e. The number of rotatable bonds is 4. The van der Waals surface area contributed by atoms with Gasteiger partial charge < -0.3 is 10.5 Å². The van der Waals surface area contributed by atoms with Crippen LogP contribution in [0.25, 0.3) is 0 Å². The van der Waals surface area contributed by atoms with E-state index in [1.807, 2.05) is 42.5 Å². The fourth-order valence-corrected chi connectivity index (χ4v) is 2.51. The van der Waals surface area contributed by atoms with E-state index in [9.17, 15) is 0 Å². The van der Waals surface area contributed by atoms with Crippen molar-refractivity contribution < 1.29 is 4.74 Å². The van der Waals surface area contributed by atoms with Crippen LogP contribution in [0.4, 0.5) is 0 Å². The van der Waals surface area contributed by atoms with Crippen molar-refractivity contribution >= 4 is 23.2 Å². The summed E-state index contributed by atoms with van der Waals surface area (Å²) in [4.78, 5) is 0. The number of nitrogens with two attached hydrogens (primary N) is 1. The lowest BCUT2D eigenvalue weighted by Gasteiger charge is -2.24. The minimum absolute atomic E-state index is 0.267. The van der Waals surface area contributed by atoms with E-state index in [1.54, 1.807) is 13.2 Å². The van der Waals surface area contributed by atoms with Gasteiger partial charge in [-0.15, -0.1) is 0 Å². The summed E-state index contributed by atoms with van der Waals surface area (Å²) in [5, 5.41) is 0.979. The lowest BCUT2D eigenvalue weighted by molar-refractivity contribution is 0.0802. The third-order valence-corrected chi connectivity index (χ3v) is 3.88.